The van der Waals surface area contributed by atoms with Crippen molar-refractivity contribution in [2.24, 2.45) is 11.1 Å². The summed E-state index contributed by atoms with van der Waals surface area (Å²) in [7, 11) is 0. The number of anilines is 1. The first-order valence-corrected chi connectivity index (χ1v) is 5.52. The summed E-state index contributed by atoms with van der Waals surface area (Å²) in [5, 5.41) is 7.63. The minimum atomic E-state index is -0.411. The smallest absolute Gasteiger partial charge is 0.254 e. The van der Waals surface area contributed by atoms with E-state index in [1.165, 1.54) is 0 Å². The average Bonchev–Trinajstić information content (AvgIpc) is 2.33. The van der Waals surface area contributed by atoms with E-state index in [2.05, 4.69) is 24.3 Å². The number of nitrogens with two attached hydrogens (primary N) is 1. The molecule has 1 amide bonds. The van der Waals surface area contributed by atoms with Gasteiger partial charge >= 0.3 is 0 Å². The highest BCUT2D eigenvalue weighted by Crippen LogP contribution is 2.30. The molecule has 1 aliphatic heterocycles. The van der Waals surface area contributed by atoms with E-state index in [-0.39, 0.29) is 5.41 Å². The van der Waals surface area contributed by atoms with Crippen LogP contribution in [0.25, 0.3) is 0 Å². The van der Waals surface area contributed by atoms with Gasteiger partial charge in [0.15, 0.2) is 0 Å². The number of carbonyl (C=O) groups excluding carboxylic acids is 1. The molecule has 2 rings (SSSR count). The SMILES string of the molecule is Cc1nn2c(c1C(N)=O)NCCC(C)(C)C2. The number of hydrogen-bond acceptors (Lipinski definition) is 3. The minimum Gasteiger partial charge on any atom is -0.370 e. The molecule has 0 saturated heterocycles. The summed E-state index contributed by atoms with van der Waals surface area (Å²) < 4.78 is 1.86. The number of aryl methyl sites for hydroxylation is 1. The molecule has 3 N–H and O–H groups in total. The minimum absolute atomic E-state index is 0.186. The summed E-state index contributed by atoms with van der Waals surface area (Å²) in [4.78, 5) is 11.4. The molecule has 0 saturated carbocycles. The van der Waals surface area contributed by atoms with Crippen LogP contribution in [0.3, 0.4) is 0 Å². The maximum Gasteiger partial charge on any atom is 0.254 e. The number of carbonyl (C=O) groups is 1. The zero-order chi connectivity index (χ0) is 11.9. The Morgan fingerprint density at radius 1 is 1.56 bits per heavy atom. The molecular formula is C11H18N4O. The van der Waals surface area contributed by atoms with Gasteiger partial charge in [0.1, 0.15) is 11.4 Å². The van der Waals surface area contributed by atoms with Crippen molar-refractivity contribution in [2.45, 2.75) is 33.7 Å². The summed E-state index contributed by atoms with van der Waals surface area (Å²) >= 11 is 0. The molecule has 0 unspecified atom stereocenters. The lowest BCUT2D eigenvalue weighted by Gasteiger charge is -2.21. The quantitative estimate of drug-likeness (QED) is 0.748. The van der Waals surface area contributed by atoms with Gasteiger partial charge in [-0.05, 0) is 18.8 Å². The van der Waals surface area contributed by atoms with Gasteiger partial charge in [-0.3, -0.25) is 4.79 Å². The van der Waals surface area contributed by atoms with E-state index in [1.54, 1.807) is 0 Å². The highest BCUT2D eigenvalue weighted by molar-refractivity contribution is 5.98. The fourth-order valence-electron chi connectivity index (χ4n) is 2.17. The number of primary amides is 1. The van der Waals surface area contributed by atoms with Crippen LogP contribution in [0.1, 0.15) is 36.3 Å². The maximum atomic E-state index is 11.4. The van der Waals surface area contributed by atoms with Gasteiger partial charge in [0.05, 0.1) is 5.69 Å². The molecule has 1 aliphatic rings. The number of amides is 1. The first kappa shape index (κ1) is 11.0. The van der Waals surface area contributed by atoms with Gasteiger partial charge in [0, 0.05) is 13.1 Å². The highest BCUT2D eigenvalue weighted by atomic mass is 16.1. The normalized spacial score (nSPS) is 18.4. The molecule has 1 aromatic heterocycles. The molecule has 0 bridgehead atoms. The summed E-state index contributed by atoms with van der Waals surface area (Å²) in [5.41, 5.74) is 6.78. The van der Waals surface area contributed by atoms with Crippen LogP contribution in [-0.4, -0.2) is 22.2 Å². The number of hydrogen-bond donors (Lipinski definition) is 2. The Kier molecular flexibility index (Phi) is 2.40. The summed E-state index contributed by atoms with van der Waals surface area (Å²) in [6.07, 6.45) is 1.05. The van der Waals surface area contributed by atoms with Crippen molar-refractivity contribution in [1.82, 2.24) is 9.78 Å². The Balaban J connectivity index is 2.49. The van der Waals surface area contributed by atoms with E-state index in [4.69, 9.17) is 5.73 Å². The summed E-state index contributed by atoms with van der Waals surface area (Å²) in [6.45, 7) is 7.87. The van der Waals surface area contributed by atoms with Crippen LogP contribution in [-0.2, 0) is 6.54 Å². The van der Waals surface area contributed by atoms with Crippen LogP contribution in [0.5, 0.6) is 0 Å². The second kappa shape index (κ2) is 3.50. The van der Waals surface area contributed by atoms with Crippen molar-refractivity contribution < 1.29 is 4.79 Å². The summed E-state index contributed by atoms with van der Waals surface area (Å²) in [5.74, 6) is 0.363. The predicted octanol–water partition coefficient (Wildman–Crippen LogP) is 1.13. The van der Waals surface area contributed by atoms with Gasteiger partial charge in [-0.2, -0.15) is 5.10 Å². The van der Waals surface area contributed by atoms with Crippen LogP contribution >= 0.6 is 0 Å². The molecular weight excluding hydrogens is 204 g/mol. The number of nitrogens with zero attached hydrogens (tertiary/aromatic N) is 2. The van der Waals surface area contributed by atoms with Crippen molar-refractivity contribution in [2.75, 3.05) is 11.9 Å². The van der Waals surface area contributed by atoms with Crippen molar-refractivity contribution in [3.63, 3.8) is 0 Å². The van der Waals surface area contributed by atoms with E-state index in [9.17, 15) is 4.79 Å². The van der Waals surface area contributed by atoms with Gasteiger partial charge in [-0.1, -0.05) is 13.8 Å². The maximum absolute atomic E-state index is 11.4. The topological polar surface area (TPSA) is 72.9 Å². The monoisotopic (exact) mass is 222 g/mol. The van der Waals surface area contributed by atoms with E-state index in [0.717, 1.165) is 25.3 Å². The number of nitrogens with one attached hydrogen (secondary N) is 1. The van der Waals surface area contributed by atoms with Crippen LogP contribution < -0.4 is 11.1 Å². The van der Waals surface area contributed by atoms with Gasteiger partial charge < -0.3 is 11.1 Å². The van der Waals surface area contributed by atoms with Crippen LogP contribution in [0.15, 0.2) is 0 Å². The fraction of sp³-hybridized carbons (Fsp3) is 0.636. The lowest BCUT2D eigenvalue weighted by Crippen LogP contribution is -2.19. The fourth-order valence-corrected chi connectivity index (χ4v) is 2.17. The summed E-state index contributed by atoms with van der Waals surface area (Å²) in [6, 6.07) is 0. The lowest BCUT2D eigenvalue weighted by atomic mass is 9.90. The second-order valence-corrected chi connectivity index (χ2v) is 5.17. The van der Waals surface area contributed by atoms with Crippen LogP contribution in [0.2, 0.25) is 0 Å². The van der Waals surface area contributed by atoms with E-state index < -0.39 is 5.91 Å². The molecule has 0 fully saturated rings. The van der Waals surface area contributed by atoms with Gasteiger partial charge in [-0.25, -0.2) is 4.68 Å². The molecule has 0 spiro atoms. The molecule has 0 aromatic carbocycles. The van der Waals surface area contributed by atoms with Crippen molar-refractivity contribution in [3.05, 3.63) is 11.3 Å². The Labute approximate surface area is 95.0 Å². The third kappa shape index (κ3) is 1.77. The Bertz CT molecular complexity index is 433. The first-order chi connectivity index (χ1) is 7.41. The van der Waals surface area contributed by atoms with E-state index in [0.29, 0.717) is 11.3 Å². The molecule has 16 heavy (non-hydrogen) atoms. The van der Waals surface area contributed by atoms with Crippen molar-refractivity contribution in [3.8, 4) is 0 Å². The Morgan fingerprint density at radius 3 is 2.88 bits per heavy atom. The van der Waals surface area contributed by atoms with E-state index in [1.807, 2.05) is 11.6 Å². The molecule has 5 nitrogen and oxygen atoms in total. The predicted molar refractivity (Wildman–Crippen MR) is 62.4 cm³/mol. The number of rotatable bonds is 1. The van der Waals surface area contributed by atoms with Crippen LogP contribution in [0.4, 0.5) is 5.82 Å². The Morgan fingerprint density at radius 2 is 2.25 bits per heavy atom. The van der Waals surface area contributed by atoms with Gasteiger partial charge in [0.2, 0.25) is 0 Å². The average molecular weight is 222 g/mol. The van der Waals surface area contributed by atoms with Gasteiger partial charge in [-0.15, -0.1) is 0 Å². The lowest BCUT2D eigenvalue weighted by molar-refractivity contribution is 0.100. The third-order valence-corrected chi connectivity index (χ3v) is 3.05. The van der Waals surface area contributed by atoms with Crippen LogP contribution in [0, 0.1) is 12.3 Å². The zero-order valence-electron chi connectivity index (χ0n) is 10.0. The molecule has 1 aromatic rings. The third-order valence-electron chi connectivity index (χ3n) is 3.05. The molecule has 2 heterocycles. The first-order valence-electron chi connectivity index (χ1n) is 5.52. The zero-order valence-corrected chi connectivity index (χ0v) is 10.0. The highest BCUT2D eigenvalue weighted by Gasteiger charge is 2.27. The molecule has 0 aliphatic carbocycles. The number of fused-ring (bicyclic) bond motifs is 1. The van der Waals surface area contributed by atoms with Crippen molar-refractivity contribution >= 4 is 11.7 Å². The molecule has 0 radical (unpaired) electrons. The van der Waals surface area contributed by atoms with E-state index >= 15 is 0 Å². The van der Waals surface area contributed by atoms with Crippen molar-refractivity contribution in [1.29, 1.82) is 0 Å². The van der Waals surface area contributed by atoms with Gasteiger partial charge in [0.25, 0.3) is 5.91 Å². The second-order valence-electron chi connectivity index (χ2n) is 5.17. The largest absolute Gasteiger partial charge is 0.370 e. The molecule has 88 valence electrons. The number of aromatic nitrogens is 2. The Hall–Kier alpha value is -1.52. The standard InChI is InChI=1S/C11H18N4O/c1-7-8(9(12)16)10-13-5-4-11(2,3)6-15(10)14-7/h13H,4-6H2,1-3H3,(H2,12,16). The molecule has 0 atom stereocenters. The molecule has 5 heteroatoms.